The van der Waals surface area contributed by atoms with Crippen molar-refractivity contribution in [2.75, 3.05) is 38.6 Å². The van der Waals surface area contributed by atoms with E-state index in [0.29, 0.717) is 0 Å². The molecule has 0 aromatic heterocycles. The Hall–Kier alpha value is -0.770. The minimum atomic E-state index is 0. The molecule has 18 heavy (non-hydrogen) atoms. The number of anilines is 1. The van der Waals surface area contributed by atoms with Gasteiger partial charge in [0.05, 0.1) is 13.2 Å². The van der Waals surface area contributed by atoms with E-state index in [2.05, 4.69) is 30.9 Å². The van der Waals surface area contributed by atoms with E-state index < -0.39 is 0 Å². The maximum atomic E-state index is 5.90. The summed E-state index contributed by atoms with van der Waals surface area (Å²) in [5, 5.41) is 0. The fraction of sp³-hybridized carbons (Fsp3) is 0.571. The van der Waals surface area contributed by atoms with Gasteiger partial charge in [0.1, 0.15) is 0 Å². The van der Waals surface area contributed by atoms with Crippen LogP contribution in [0.15, 0.2) is 12.1 Å². The maximum absolute atomic E-state index is 5.90. The van der Waals surface area contributed by atoms with E-state index in [-0.39, 0.29) is 12.4 Å². The lowest BCUT2D eigenvalue weighted by Gasteiger charge is -2.26. The van der Waals surface area contributed by atoms with Gasteiger partial charge in [0.2, 0.25) is 0 Å². The van der Waals surface area contributed by atoms with Gasteiger partial charge in [-0.1, -0.05) is 6.07 Å². The molecule has 0 unspecified atom stereocenters. The van der Waals surface area contributed by atoms with Gasteiger partial charge in [-0.15, -0.1) is 12.4 Å². The molecule has 0 atom stereocenters. The van der Waals surface area contributed by atoms with Crippen molar-refractivity contribution in [2.45, 2.75) is 20.3 Å². The molecule has 0 amide bonds. The molecule has 2 N–H and O–H groups in total. The molecule has 0 spiro atoms. The van der Waals surface area contributed by atoms with Gasteiger partial charge in [0.15, 0.2) is 0 Å². The van der Waals surface area contributed by atoms with Crippen LogP contribution in [0, 0.1) is 13.8 Å². The number of ether oxygens (including phenoxy) is 1. The van der Waals surface area contributed by atoms with Crippen molar-refractivity contribution in [2.24, 2.45) is 0 Å². The van der Waals surface area contributed by atoms with Crippen LogP contribution < -0.4 is 5.73 Å². The summed E-state index contributed by atoms with van der Waals surface area (Å²) < 4.78 is 5.35. The number of nitrogens with two attached hydrogens (primary N) is 1. The number of hydrogen-bond acceptors (Lipinski definition) is 3. The Morgan fingerprint density at radius 2 is 1.83 bits per heavy atom. The van der Waals surface area contributed by atoms with E-state index in [1.165, 1.54) is 16.7 Å². The van der Waals surface area contributed by atoms with Crippen LogP contribution in [-0.4, -0.2) is 37.7 Å². The lowest BCUT2D eigenvalue weighted by atomic mass is 10.0. The molecule has 0 bridgehead atoms. The van der Waals surface area contributed by atoms with Crippen LogP contribution in [0.2, 0.25) is 0 Å². The van der Waals surface area contributed by atoms with Crippen molar-refractivity contribution in [1.82, 2.24) is 4.90 Å². The fourth-order valence-corrected chi connectivity index (χ4v) is 2.27. The highest BCUT2D eigenvalue weighted by Gasteiger charge is 2.10. The number of rotatable bonds is 3. The normalized spacial score (nSPS) is 16.3. The van der Waals surface area contributed by atoms with Gasteiger partial charge in [0, 0.05) is 25.3 Å². The lowest BCUT2D eigenvalue weighted by Crippen LogP contribution is -2.37. The smallest absolute Gasteiger partial charge is 0.0594 e. The van der Waals surface area contributed by atoms with Crippen LogP contribution in [0.5, 0.6) is 0 Å². The molecule has 3 nitrogen and oxygen atoms in total. The summed E-state index contributed by atoms with van der Waals surface area (Å²) in [6.07, 6.45) is 1.10. The lowest BCUT2D eigenvalue weighted by molar-refractivity contribution is 0.0384. The molecule has 1 aromatic rings. The number of nitrogen functional groups attached to an aromatic ring is 1. The summed E-state index contributed by atoms with van der Waals surface area (Å²) in [5.74, 6) is 0. The number of nitrogens with zero attached hydrogens (tertiary/aromatic N) is 1. The van der Waals surface area contributed by atoms with Crippen LogP contribution in [0.4, 0.5) is 5.69 Å². The third-order valence-corrected chi connectivity index (χ3v) is 3.53. The molecule has 1 aliphatic heterocycles. The molecule has 1 heterocycles. The molecule has 0 radical (unpaired) electrons. The molecule has 1 aliphatic rings. The highest BCUT2D eigenvalue weighted by molar-refractivity contribution is 5.85. The summed E-state index contributed by atoms with van der Waals surface area (Å²) in [5.41, 5.74) is 10.7. The van der Waals surface area contributed by atoms with Gasteiger partial charge in [0.25, 0.3) is 0 Å². The Labute approximate surface area is 116 Å². The number of morpholine rings is 1. The molecule has 1 fully saturated rings. The van der Waals surface area contributed by atoms with E-state index in [9.17, 15) is 0 Å². The number of hydrogen-bond donors (Lipinski definition) is 1. The standard InChI is InChI=1S/C14H22N2O.ClH/c1-11-10-14(15)12(2)9-13(11)3-4-16-5-7-17-8-6-16;/h9-10H,3-8,15H2,1-2H3;1H. The van der Waals surface area contributed by atoms with Crippen LogP contribution >= 0.6 is 12.4 Å². The van der Waals surface area contributed by atoms with Crippen LogP contribution in [0.3, 0.4) is 0 Å². The second-order valence-electron chi connectivity index (χ2n) is 4.84. The van der Waals surface area contributed by atoms with Crippen molar-refractivity contribution < 1.29 is 4.74 Å². The zero-order valence-corrected chi connectivity index (χ0v) is 12.1. The first-order chi connectivity index (χ1) is 8.16. The molecule has 102 valence electrons. The van der Waals surface area contributed by atoms with E-state index in [1.54, 1.807) is 0 Å². The average Bonchev–Trinajstić information content (AvgIpc) is 2.33. The Kier molecular flexibility index (Phi) is 5.93. The van der Waals surface area contributed by atoms with E-state index in [0.717, 1.165) is 45.0 Å². The monoisotopic (exact) mass is 270 g/mol. The van der Waals surface area contributed by atoms with Gasteiger partial charge < -0.3 is 10.5 Å². The predicted molar refractivity (Wildman–Crippen MR) is 78.5 cm³/mol. The van der Waals surface area contributed by atoms with E-state index in [1.807, 2.05) is 0 Å². The Bertz CT molecular complexity index is 390. The van der Waals surface area contributed by atoms with Crippen molar-refractivity contribution >= 4 is 18.1 Å². The number of halogens is 1. The molecule has 1 aromatic carbocycles. The van der Waals surface area contributed by atoms with Gasteiger partial charge in [-0.05, 0) is 43.0 Å². The molecular weight excluding hydrogens is 248 g/mol. The third-order valence-electron chi connectivity index (χ3n) is 3.53. The predicted octanol–water partition coefficient (Wildman–Crippen LogP) is 2.18. The number of aryl methyl sites for hydroxylation is 2. The third kappa shape index (κ3) is 3.87. The summed E-state index contributed by atoms with van der Waals surface area (Å²) in [7, 11) is 0. The second kappa shape index (κ2) is 6.98. The van der Waals surface area contributed by atoms with Crippen molar-refractivity contribution in [1.29, 1.82) is 0 Å². The summed E-state index contributed by atoms with van der Waals surface area (Å²) in [6.45, 7) is 9.21. The summed E-state index contributed by atoms with van der Waals surface area (Å²) in [4.78, 5) is 2.47. The molecule has 1 saturated heterocycles. The van der Waals surface area contributed by atoms with E-state index in [4.69, 9.17) is 10.5 Å². The largest absolute Gasteiger partial charge is 0.399 e. The molecule has 0 saturated carbocycles. The van der Waals surface area contributed by atoms with E-state index >= 15 is 0 Å². The van der Waals surface area contributed by atoms with Crippen molar-refractivity contribution in [3.8, 4) is 0 Å². The molecule has 2 rings (SSSR count). The zero-order valence-electron chi connectivity index (χ0n) is 11.2. The van der Waals surface area contributed by atoms with Crippen molar-refractivity contribution in [3.05, 3.63) is 28.8 Å². The maximum Gasteiger partial charge on any atom is 0.0594 e. The first-order valence-corrected chi connectivity index (χ1v) is 6.32. The minimum Gasteiger partial charge on any atom is -0.399 e. The SMILES string of the molecule is Cc1cc(CCN2CCOCC2)c(C)cc1N.Cl. The first kappa shape index (κ1) is 15.3. The highest BCUT2D eigenvalue weighted by atomic mass is 35.5. The second-order valence-corrected chi connectivity index (χ2v) is 4.84. The van der Waals surface area contributed by atoms with Gasteiger partial charge in [-0.3, -0.25) is 4.90 Å². The van der Waals surface area contributed by atoms with Crippen LogP contribution in [0.25, 0.3) is 0 Å². The summed E-state index contributed by atoms with van der Waals surface area (Å²) >= 11 is 0. The first-order valence-electron chi connectivity index (χ1n) is 6.32. The molecule has 4 heteroatoms. The Morgan fingerprint density at radius 3 is 2.50 bits per heavy atom. The average molecular weight is 271 g/mol. The van der Waals surface area contributed by atoms with Gasteiger partial charge in [-0.25, -0.2) is 0 Å². The van der Waals surface area contributed by atoms with Gasteiger partial charge >= 0.3 is 0 Å². The Balaban J connectivity index is 0.00000162. The number of benzene rings is 1. The van der Waals surface area contributed by atoms with Crippen molar-refractivity contribution in [3.63, 3.8) is 0 Å². The zero-order chi connectivity index (χ0) is 12.3. The molecular formula is C14H23ClN2O. The topological polar surface area (TPSA) is 38.5 Å². The van der Waals surface area contributed by atoms with Crippen LogP contribution in [-0.2, 0) is 11.2 Å². The quantitative estimate of drug-likeness (QED) is 0.856. The fourth-order valence-electron chi connectivity index (χ4n) is 2.27. The Morgan fingerprint density at radius 1 is 1.17 bits per heavy atom. The molecule has 0 aliphatic carbocycles. The van der Waals surface area contributed by atoms with Gasteiger partial charge in [-0.2, -0.15) is 0 Å². The minimum absolute atomic E-state index is 0. The van der Waals surface area contributed by atoms with Crippen LogP contribution in [0.1, 0.15) is 16.7 Å². The summed E-state index contributed by atoms with van der Waals surface area (Å²) in [6, 6.07) is 4.31. The highest BCUT2D eigenvalue weighted by Crippen LogP contribution is 2.18.